The van der Waals surface area contributed by atoms with Gasteiger partial charge in [0.05, 0.1) is 12.1 Å². The number of hydrogen-bond acceptors (Lipinski definition) is 4. The predicted molar refractivity (Wildman–Crippen MR) is 80.6 cm³/mol. The molecule has 0 N–H and O–H groups in total. The first-order chi connectivity index (χ1) is 9.76. The molecule has 4 nitrogen and oxygen atoms in total. The van der Waals surface area contributed by atoms with Crippen LogP contribution >= 0.6 is 23.4 Å². The summed E-state index contributed by atoms with van der Waals surface area (Å²) in [6.45, 7) is 0. The van der Waals surface area contributed by atoms with Gasteiger partial charge < -0.3 is 4.74 Å². The van der Waals surface area contributed by atoms with Crippen LogP contribution in [0.4, 0.5) is 0 Å². The lowest BCUT2D eigenvalue weighted by atomic mass is 10.2. The van der Waals surface area contributed by atoms with Crippen LogP contribution in [0.5, 0.6) is 5.75 Å². The smallest absolute Gasteiger partial charge is 0.209 e. The number of thioether (sulfide) groups is 1. The van der Waals surface area contributed by atoms with E-state index in [1.807, 2.05) is 18.2 Å². The van der Waals surface area contributed by atoms with Crippen LogP contribution in [-0.2, 0) is 5.75 Å². The zero-order valence-corrected chi connectivity index (χ0v) is 12.4. The average molecular weight is 306 g/mol. The van der Waals surface area contributed by atoms with E-state index in [0.717, 1.165) is 5.75 Å². The molecule has 3 rings (SSSR count). The van der Waals surface area contributed by atoms with Gasteiger partial charge in [0.25, 0.3) is 0 Å². The van der Waals surface area contributed by atoms with Crippen LogP contribution in [0.25, 0.3) is 5.65 Å². The summed E-state index contributed by atoms with van der Waals surface area (Å²) in [7, 11) is 1.59. The number of benzene rings is 1. The zero-order valence-electron chi connectivity index (χ0n) is 10.8. The summed E-state index contributed by atoms with van der Waals surface area (Å²) >= 11 is 7.59. The van der Waals surface area contributed by atoms with Gasteiger partial charge in [0.1, 0.15) is 0 Å². The van der Waals surface area contributed by atoms with Gasteiger partial charge in [-0.25, -0.2) is 4.52 Å². The molecule has 102 valence electrons. The first-order valence-corrected chi connectivity index (χ1v) is 7.39. The average Bonchev–Trinajstić information content (AvgIpc) is 2.88. The van der Waals surface area contributed by atoms with E-state index in [9.17, 15) is 0 Å². The first kappa shape index (κ1) is 13.3. The molecule has 6 heteroatoms. The monoisotopic (exact) mass is 305 g/mol. The fraction of sp³-hybridized carbons (Fsp3) is 0.143. The maximum Gasteiger partial charge on any atom is 0.209 e. The lowest BCUT2D eigenvalue weighted by Crippen LogP contribution is -1.91. The lowest BCUT2D eigenvalue weighted by molar-refractivity contribution is 0.416. The summed E-state index contributed by atoms with van der Waals surface area (Å²) in [5.74, 6) is 1.45. The highest BCUT2D eigenvalue weighted by molar-refractivity contribution is 7.98. The van der Waals surface area contributed by atoms with E-state index in [2.05, 4.69) is 22.2 Å². The number of halogens is 1. The van der Waals surface area contributed by atoms with Crippen LogP contribution < -0.4 is 4.74 Å². The van der Waals surface area contributed by atoms with Crippen molar-refractivity contribution in [2.24, 2.45) is 0 Å². The Bertz CT molecular complexity index is 730. The number of fused-ring (bicyclic) bond motifs is 1. The third kappa shape index (κ3) is 2.73. The van der Waals surface area contributed by atoms with Gasteiger partial charge in [0.2, 0.25) is 5.16 Å². The Morgan fingerprint density at radius 3 is 2.85 bits per heavy atom. The third-order valence-corrected chi connectivity index (χ3v) is 3.89. The molecule has 0 unspecified atom stereocenters. The Labute approximate surface area is 125 Å². The van der Waals surface area contributed by atoms with Gasteiger partial charge in [0.15, 0.2) is 11.4 Å². The summed E-state index contributed by atoms with van der Waals surface area (Å²) < 4.78 is 6.91. The quantitative estimate of drug-likeness (QED) is 0.689. The molecule has 2 aromatic heterocycles. The van der Waals surface area contributed by atoms with Gasteiger partial charge in [0, 0.05) is 18.0 Å². The highest BCUT2D eigenvalue weighted by Crippen LogP contribution is 2.26. The Morgan fingerprint density at radius 1 is 1.30 bits per heavy atom. The van der Waals surface area contributed by atoms with E-state index in [-0.39, 0.29) is 0 Å². The van der Waals surface area contributed by atoms with Crippen molar-refractivity contribution >= 4 is 29.0 Å². The van der Waals surface area contributed by atoms with E-state index >= 15 is 0 Å². The van der Waals surface area contributed by atoms with E-state index in [0.29, 0.717) is 21.6 Å². The standard InChI is InChI=1S/C14H12ClN3OS/c1-19-12-7-11(15)8-18-13(12)16-14(17-18)20-9-10-5-3-2-4-6-10/h2-8H,9H2,1H3. The summed E-state index contributed by atoms with van der Waals surface area (Å²) in [4.78, 5) is 4.47. The SMILES string of the molecule is COc1cc(Cl)cn2nc(SCc3ccccc3)nc12. The van der Waals surface area contributed by atoms with Crippen LogP contribution in [0.1, 0.15) is 5.56 Å². The van der Waals surface area contributed by atoms with E-state index in [4.69, 9.17) is 16.3 Å². The van der Waals surface area contributed by atoms with Crippen molar-refractivity contribution in [1.82, 2.24) is 14.6 Å². The molecule has 0 saturated carbocycles. The number of pyridine rings is 1. The number of ether oxygens (including phenoxy) is 1. The van der Waals surface area contributed by atoms with Crippen molar-refractivity contribution in [3.8, 4) is 5.75 Å². The molecule has 0 saturated heterocycles. The summed E-state index contributed by atoms with van der Waals surface area (Å²) in [5, 5.41) is 5.67. The second-order valence-corrected chi connectivity index (χ2v) is 5.54. The van der Waals surface area contributed by atoms with Crippen LogP contribution in [0.3, 0.4) is 0 Å². The predicted octanol–water partition coefficient (Wildman–Crippen LogP) is 3.68. The minimum atomic E-state index is 0.568. The number of hydrogen-bond donors (Lipinski definition) is 0. The molecule has 0 atom stereocenters. The summed E-state index contributed by atoms with van der Waals surface area (Å²) in [6, 6.07) is 12.0. The molecule has 0 amide bonds. The fourth-order valence-electron chi connectivity index (χ4n) is 1.84. The van der Waals surface area contributed by atoms with Crippen molar-refractivity contribution in [1.29, 1.82) is 0 Å². The normalized spacial score (nSPS) is 10.9. The van der Waals surface area contributed by atoms with Crippen molar-refractivity contribution in [2.45, 2.75) is 10.9 Å². The Hall–Kier alpha value is -1.72. The number of nitrogens with zero attached hydrogens (tertiary/aromatic N) is 3. The van der Waals surface area contributed by atoms with Gasteiger partial charge in [-0.2, -0.15) is 4.98 Å². The van der Waals surface area contributed by atoms with Crippen LogP contribution in [0.15, 0.2) is 47.8 Å². The first-order valence-electron chi connectivity index (χ1n) is 6.03. The van der Waals surface area contributed by atoms with Crippen molar-refractivity contribution in [3.05, 3.63) is 53.2 Å². The molecule has 20 heavy (non-hydrogen) atoms. The van der Waals surface area contributed by atoms with Gasteiger partial charge in [-0.05, 0) is 5.56 Å². The molecular weight excluding hydrogens is 294 g/mol. The fourth-order valence-corrected chi connectivity index (χ4v) is 2.82. The van der Waals surface area contributed by atoms with Crippen LogP contribution in [-0.4, -0.2) is 21.7 Å². The van der Waals surface area contributed by atoms with Gasteiger partial charge in [-0.3, -0.25) is 0 Å². The summed E-state index contributed by atoms with van der Waals surface area (Å²) in [5.41, 5.74) is 1.91. The number of rotatable bonds is 4. The van der Waals surface area contributed by atoms with E-state index < -0.39 is 0 Å². The molecule has 0 spiro atoms. The lowest BCUT2D eigenvalue weighted by Gasteiger charge is -2.00. The topological polar surface area (TPSA) is 39.4 Å². The minimum absolute atomic E-state index is 0.568. The number of aromatic nitrogens is 3. The van der Waals surface area contributed by atoms with Crippen molar-refractivity contribution in [3.63, 3.8) is 0 Å². The van der Waals surface area contributed by atoms with E-state index in [1.165, 1.54) is 5.56 Å². The largest absolute Gasteiger partial charge is 0.493 e. The van der Waals surface area contributed by atoms with Gasteiger partial charge in [-0.15, -0.1) is 5.10 Å². The molecule has 0 aliphatic rings. The summed E-state index contributed by atoms with van der Waals surface area (Å²) in [6.07, 6.45) is 1.72. The Kier molecular flexibility index (Phi) is 3.80. The highest BCUT2D eigenvalue weighted by Gasteiger charge is 2.10. The van der Waals surface area contributed by atoms with Crippen LogP contribution in [0.2, 0.25) is 5.02 Å². The molecule has 3 aromatic rings. The van der Waals surface area contributed by atoms with Crippen molar-refractivity contribution in [2.75, 3.05) is 7.11 Å². The molecule has 2 heterocycles. The van der Waals surface area contributed by atoms with Crippen molar-refractivity contribution < 1.29 is 4.74 Å². The maximum absolute atomic E-state index is 6.01. The number of methoxy groups -OCH3 is 1. The van der Waals surface area contributed by atoms with Crippen LogP contribution in [0, 0.1) is 0 Å². The van der Waals surface area contributed by atoms with Gasteiger partial charge in [-0.1, -0.05) is 53.7 Å². The Morgan fingerprint density at radius 2 is 2.10 bits per heavy atom. The second-order valence-electron chi connectivity index (χ2n) is 4.16. The highest BCUT2D eigenvalue weighted by atomic mass is 35.5. The molecular formula is C14H12ClN3OS. The molecule has 0 aliphatic heterocycles. The van der Waals surface area contributed by atoms with E-state index in [1.54, 1.807) is 35.7 Å². The molecule has 1 aromatic carbocycles. The third-order valence-electron chi connectivity index (χ3n) is 2.78. The molecule has 0 fully saturated rings. The maximum atomic E-state index is 6.01. The zero-order chi connectivity index (χ0) is 13.9. The minimum Gasteiger partial charge on any atom is -0.493 e. The Balaban J connectivity index is 1.86. The van der Waals surface area contributed by atoms with Gasteiger partial charge >= 0.3 is 0 Å². The molecule has 0 aliphatic carbocycles. The molecule has 0 radical (unpaired) electrons. The molecule has 0 bridgehead atoms. The second kappa shape index (κ2) is 5.73.